The monoisotopic (exact) mass is 480 g/mol. The highest BCUT2D eigenvalue weighted by Crippen LogP contribution is 2.24. The largest absolute Gasteiger partial charge is 0.354 e. The maximum atomic E-state index is 13.2. The molecule has 31 heavy (non-hydrogen) atoms. The molecule has 0 aliphatic rings. The minimum Gasteiger partial charge on any atom is -0.354 e. The highest BCUT2D eigenvalue weighted by atomic mass is 35.5. The number of nitrogens with one attached hydrogen (secondary N) is 1. The summed E-state index contributed by atoms with van der Waals surface area (Å²) in [6.45, 7) is 6.88. The lowest BCUT2D eigenvalue weighted by atomic mass is 10.1. The normalized spacial score (nSPS) is 11.9. The van der Waals surface area contributed by atoms with Crippen LogP contribution in [0, 0.1) is 5.92 Å². The van der Waals surface area contributed by atoms with Crippen LogP contribution in [-0.2, 0) is 21.9 Å². The molecule has 1 atom stereocenters. The third-order valence-electron chi connectivity index (χ3n) is 4.74. The van der Waals surface area contributed by atoms with Gasteiger partial charge in [-0.1, -0.05) is 80.4 Å². The van der Waals surface area contributed by atoms with E-state index in [0.717, 1.165) is 16.9 Å². The number of halogens is 2. The van der Waals surface area contributed by atoms with Crippen LogP contribution in [0.2, 0.25) is 10.0 Å². The Balaban J connectivity index is 2.15. The molecule has 168 valence electrons. The summed E-state index contributed by atoms with van der Waals surface area (Å²) in [5.74, 6) is 1.17. The molecule has 4 nitrogen and oxygen atoms in total. The molecule has 7 heteroatoms. The Kier molecular flexibility index (Phi) is 10.7. The van der Waals surface area contributed by atoms with E-state index in [4.69, 9.17) is 23.2 Å². The minimum atomic E-state index is -0.543. The van der Waals surface area contributed by atoms with Crippen molar-refractivity contribution in [3.63, 3.8) is 0 Å². The molecule has 0 saturated carbocycles. The van der Waals surface area contributed by atoms with Gasteiger partial charge in [-0.25, -0.2) is 0 Å². The fourth-order valence-electron chi connectivity index (χ4n) is 3.09. The van der Waals surface area contributed by atoms with E-state index >= 15 is 0 Å². The molecular formula is C24H30Cl2N2O2S. The number of hydrogen-bond acceptors (Lipinski definition) is 3. The second-order valence-corrected chi connectivity index (χ2v) is 9.61. The first kappa shape index (κ1) is 25.6. The molecule has 0 fully saturated rings. The standard InChI is InChI=1S/C24H30Cl2N2O2S/c1-4-22(24(30)27-13-17(2)3)28(14-19-10-11-20(25)21(26)12-19)23(29)16-31-15-18-8-6-5-7-9-18/h5-12,17,22H,4,13-16H2,1-3H3,(H,27,30)/t22-/m1/s1. The van der Waals surface area contributed by atoms with Gasteiger partial charge in [0.15, 0.2) is 0 Å². The number of thioether (sulfide) groups is 1. The third-order valence-corrected chi connectivity index (χ3v) is 6.47. The van der Waals surface area contributed by atoms with Crippen LogP contribution in [-0.4, -0.2) is 35.1 Å². The van der Waals surface area contributed by atoms with E-state index in [0.29, 0.717) is 41.2 Å². The van der Waals surface area contributed by atoms with Crippen molar-refractivity contribution in [1.29, 1.82) is 0 Å². The van der Waals surface area contributed by atoms with Gasteiger partial charge in [0.1, 0.15) is 6.04 Å². The number of rotatable bonds is 11. The van der Waals surface area contributed by atoms with E-state index in [2.05, 4.69) is 5.32 Å². The van der Waals surface area contributed by atoms with Crippen LogP contribution in [0.4, 0.5) is 0 Å². The Morgan fingerprint density at radius 1 is 1.03 bits per heavy atom. The fraction of sp³-hybridized carbons (Fsp3) is 0.417. The molecule has 2 aromatic rings. The van der Waals surface area contributed by atoms with E-state index in [1.54, 1.807) is 28.8 Å². The van der Waals surface area contributed by atoms with Crippen molar-refractivity contribution in [3.05, 3.63) is 69.7 Å². The maximum absolute atomic E-state index is 13.2. The second-order valence-electron chi connectivity index (χ2n) is 7.81. The Bertz CT molecular complexity index is 862. The van der Waals surface area contributed by atoms with Crippen molar-refractivity contribution < 1.29 is 9.59 Å². The van der Waals surface area contributed by atoms with Crippen LogP contribution in [0.15, 0.2) is 48.5 Å². The molecule has 0 aliphatic carbocycles. The summed E-state index contributed by atoms with van der Waals surface area (Å²) < 4.78 is 0. The van der Waals surface area contributed by atoms with Gasteiger partial charge in [0.2, 0.25) is 11.8 Å². The summed E-state index contributed by atoms with van der Waals surface area (Å²) in [4.78, 5) is 27.7. The summed E-state index contributed by atoms with van der Waals surface area (Å²) in [6, 6.07) is 14.8. The Morgan fingerprint density at radius 3 is 2.35 bits per heavy atom. The van der Waals surface area contributed by atoms with Crippen molar-refractivity contribution in [2.45, 2.75) is 45.5 Å². The highest BCUT2D eigenvalue weighted by Gasteiger charge is 2.28. The number of nitrogens with zero attached hydrogens (tertiary/aromatic N) is 1. The summed E-state index contributed by atoms with van der Waals surface area (Å²) in [7, 11) is 0. The molecule has 0 unspecified atom stereocenters. The van der Waals surface area contributed by atoms with Crippen molar-refractivity contribution >= 4 is 46.8 Å². The molecule has 2 amide bonds. The summed E-state index contributed by atoms with van der Waals surface area (Å²) in [5.41, 5.74) is 2.00. The number of amides is 2. The molecule has 0 spiro atoms. The molecule has 2 aromatic carbocycles. The predicted molar refractivity (Wildman–Crippen MR) is 132 cm³/mol. The zero-order valence-electron chi connectivity index (χ0n) is 18.2. The summed E-state index contributed by atoms with van der Waals surface area (Å²) in [5, 5.41) is 3.86. The molecule has 1 N–H and O–H groups in total. The predicted octanol–water partition coefficient (Wildman–Crippen LogP) is 5.81. The quantitative estimate of drug-likeness (QED) is 0.441. The van der Waals surface area contributed by atoms with Crippen molar-refractivity contribution in [2.24, 2.45) is 5.92 Å². The van der Waals surface area contributed by atoms with Gasteiger partial charge in [-0.05, 0) is 35.6 Å². The Morgan fingerprint density at radius 2 is 1.74 bits per heavy atom. The van der Waals surface area contributed by atoms with Crippen LogP contribution in [0.1, 0.15) is 38.3 Å². The van der Waals surface area contributed by atoms with Crippen molar-refractivity contribution in [1.82, 2.24) is 10.2 Å². The molecule has 0 bridgehead atoms. The van der Waals surface area contributed by atoms with Crippen molar-refractivity contribution in [2.75, 3.05) is 12.3 Å². The van der Waals surface area contributed by atoms with Gasteiger partial charge in [0, 0.05) is 18.8 Å². The summed E-state index contributed by atoms with van der Waals surface area (Å²) in [6.07, 6.45) is 0.528. The first-order valence-electron chi connectivity index (χ1n) is 10.4. The third kappa shape index (κ3) is 8.40. The Hall–Kier alpha value is -1.69. The van der Waals surface area contributed by atoms with Crippen LogP contribution in [0.3, 0.4) is 0 Å². The number of hydrogen-bond donors (Lipinski definition) is 1. The average molecular weight is 481 g/mol. The van der Waals surface area contributed by atoms with Crippen molar-refractivity contribution in [3.8, 4) is 0 Å². The molecule has 0 radical (unpaired) electrons. The zero-order valence-corrected chi connectivity index (χ0v) is 20.6. The molecule has 0 saturated heterocycles. The lowest BCUT2D eigenvalue weighted by Gasteiger charge is -2.31. The van der Waals surface area contributed by atoms with Gasteiger partial charge in [-0.2, -0.15) is 0 Å². The average Bonchev–Trinajstić information content (AvgIpc) is 2.75. The van der Waals surface area contributed by atoms with Gasteiger partial charge in [-0.3, -0.25) is 9.59 Å². The number of carbonyl (C=O) groups is 2. The summed E-state index contributed by atoms with van der Waals surface area (Å²) >= 11 is 13.8. The number of carbonyl (C=O) groups excluding carboxylic acids is 2. The van der Waals surface area contributed by atoms with Gasteiger partial charge >= 0.3 is 0 Å². The first-order valence-corrected chi connectivity index (χ1v) is 12.4. The van der Waals surface area contributed by atoms with Crippen LogP contribution in [0.5, 0.6) is 0 Å². The lowest BCUT2D eigenvalue weighted by molar-refractivity contribution is -0.139. The topological polar surface area (TPSA) is 49.4 Å². The van der Waals surface area contributed by atoms with E-state index in [9.17, 15) is 9.59 Å². The maximum Gasteiger partial charge on any atom is 0.242 e. The molecule has 0 heterocycles. The van der Waals surface area contributed by atoms with E-state index in [1.165, 1.54) is 0 Å². The van der Waals surface area contributed by atoms with Gasteiger partial charge < -0.3 is 10.2 Å². The van der Waals surface area contributed by atoms with Crippen LogP contribution in [0.25, 0.3) is 0 Å². The first-order chi connectivity index (χ1) is 14.8. The van der Waals surface area contributed by atoms with E-state index < -0.39 is 6.04 Å². The smallest absolute Gasteiger partial charge is 0.242 e. The zero-order chi connectivity index (χ0) is 22.8. The molecule has 0 aromatic heterocycles. The Labute approximate surface area is 199 Å². The van der Waals surface area contributed by atoms with Crippen LogP contribution < -0.4 is 5.32 Å². The van der Waals surface area contributed by atoms with Gasteiger partial charge in [0.25, 0.3) is 0 Å². The second kappa shape index (κ2) is 13.0. The lowest BCUT2D eigenvalue weighted by Crippen LogP contribution is -2.50. The van der Waals surface area contributed by atoms with Gasteiger partial charge in [0.05, 0.1) is 15.8 Å². The van der Waals surface area contributed by atoms with Gasteiger partial charge in [-0.15, -0.1) is 11.8 Å². The molecule has 2 rings (SSSR count). The van der Waals surface area contributed by atoms with Crippen LogP contribution >= 0.6 is 35.0 Å². The minimum absolute atomic E-state index is 0.0708. The van der Waals surface area contributed by atoms with E-state index in [1.807, 2.05) is 57.2 Å². The van der Waals surface area contributed by atoms with E-state index in [-0.39, 0.29) is 11.8 Å². The SMILES string of the molecule is CC[C@H](C(=O)NCC(C)C)N(Cc1ccc(Cl)c(Cl)c1)C(=O)CSCc1ccccc1. The molecule has 0 aliphatic heterocycles. The molecular weight excluding hydrogens is 451 g/mol. The highest BCUT2D eigenvalue weighted by molar-refractivity contribution is 7.99. The number of benzene rings is 2. The fourth-order valence-corrected chi connectivity index (χ4v) is 4.28.